The molecule has 3 rings (SSSR count). The van der Waals surface area contributed by atoms with Gasteiger partial charge in [0.2, 0.25) is 5.91 Å². The van der Waals surface area contributed by atoms with E-state index in [9.17, 15) is 13.2 Å². The van der Waals surface area contributed by atoms with Crippen LogP contribution < -0.4 is 14.8 Å². The standard InChI is InChI=1S/C17H21N3O5S/c1-20-15(10-14(19-26(20,22)23)16-4-3-9-25-16)17(21)18-11-12-5-7-13(24-2)8-6-12/h3-9,14-15,19H,10-11H2,1-2H3,(H,18,21)/t14-,15+/m0/s1. The lowest BCUT2D eigenvalue weighted by Crippen LogP contribution is -2.57. The number of nitrogens with one attached hydrogen (secondary N) is 2. The first-order chi connectivity index (χ1) is 12.4. The molecule has 1 aliphatic heterocycles. The normalized spacial score (nSPS) is 22.7. The van der Waals surface area contributed by atoms with Crippen molar-refractivity contribution in [3.05, 3.63) is 54.0 Å². The van der Waals surface area contributed by atoms with Gasteiger partial charge in [-0.15, -0.1) is 0 Å². The Bertz CT molecular complexity index is 849. The van der Waals surface area contributed by atoms with Gasteiger partial charge in [-0.2, -0.15) is 17.4 Å². The van der Waals surface area contributed by atoms with E-state index in [1.165, 1.54) is 13.3 Å². The first kappa shape index (κ1) is 18.4. The summed E-state index contributed by atoms with van der Waals surface area (Å²) in [5.41, 5.74) is 0.890. The Hall–Kier alpha value is -2.36. The summed E-state index contributed by atoms with van der Waals surface area (Å²) in [7, 11) is -0.807. The highest BCUT2D eigenvalue weighted by Gasteiger charge is 2.41. The highest BCUT2D eigenvalue weighted by molar-refractivity contribution is 7.87. The zero-order chi connectivity index (χ0) is 18.7. The van der Waals surface area contributed by atoms with E-state index in [1.54, 1.807) is 31.4 Å². The molecule has 0 unspecified atom stereocenters. The van der Waals surface area contributed by atoms with Crippen LogP contribution in [0.1, 0.15) is 23.8 Å². The number of nitrogens with zero attached hydrogens (tertiary/aromatic N) is 1. The third-order valence-corrected chi connectivity index (χ3v) is 5.98. The van der Waals surface area contributed by atoms with Crippen molar-refractivity contribution >= 4 is 16.1 Å². The molecule has 1 aromatic heterocycles. The van der Waals surface area contributed by atoms with E-state index in [2.05, 4.69) is 10.0 Å². The number of benzene rings is 1. The fourth-order valence-corrected chi connectivity index (χ4v) is 4.09. The van der Waals surface area contributed by atoms with Crippen molar-refractivity contribution < 1.29 is 22.4 Å². The fraction of sp³-hybridized carbons (Fsp3) is 0.353. The minimum absolute atomic E-state index is 0.275. The average molecular weight is 379 g/mol. The number of carbonyl (C=O) groups excluding carboxylic acids is 1. The molecule has 1 fully saturated rings. The summed E-state index contributed by atoms with van der Waals surface area (Å²) in [5.74, 6) is 0.852. The quantitative estimate of drug-likeness (QED) is 0.813. The fourth-order valence-electron chi connectivity index (χ4n) is 2.84. The number of ether oxygens (including phenoxy) is 1. The van der Waals surface area contributed by atoms with Gasteiger partial charge in [-0.3, -0.25) is 4.79 Å². The zero-order valence-electron chi connectivity index (χ0n) is 14.5. The largest absolute Gasteiger partial charge is 0.497 e. The number of carbonyl (C=O) groups is 1. The predicted molar refractivity (Wildman–Crippen MR) is 94.5 cm³/mol. The maximum atomic E-state index is 12.6. The van der Waals surface area contributed by atoms with Crippen molar-refractivity contribution in [1.82, 2.24) is 14.3 Å². The third-order valence-electron chi connectivity index (χ3n) is 4.38. The maximum absolute atomic E-state index is 12.6. The molecule has 0 aliphatic carbocycles. The molecule has 1 aliphatic rings. The highest BCUT2D eigenvalue weighted by atomic mass is 32.2. The molecule has 0 spiro atoms. The lowest BCUT2D eigenvalue weighted by atomic mass is 10.0. The van der Waals surface area contributed by atoms with Crippen LogP contribution in [-0.4, -0.2) is 38.8 Å². The Kier molecular flexibility index (Phi) is 5.30. The second kappa shape index (κ2) is 7.48. The molecule has 9 heteroatoms. The minimum Gasteiger partial charge on any atom is -0.497 e. The van der Waals surface area contributed by atoms with Gasteiger partial charge in [-0.25, -0.2) is 0 Å². The summed E-state index contributed by atoms with van der Waals surface area (Å²) < 4.78 is 38.6. The van der Waals surface area contributed by atoms with Gasteiger partial charge in [0.25, 0.3) is 10.2 Å². The highest BCUT2D eigenvalue weighted by Crippen LogP contribution is 2.28. The van der Waals surface area contributed by atoms with Gasteiger partial charge in [0.05, 0.1) is 19.4 Å². The predicted octanol–water partition coefficient (Wildman–Crippen LogP) is 1.18. The molecule has 2 aromatic rings. The van der Waals surface area contributed by atoms with Crippen molar-refractivity contribution in [2.45, 2.75) is 25.0 Å². The Morgan fingerprint density at radius 2 is 2.08 bits per heavy atom. The molecular weight excluding hydrogens is 358 g/mol. The summed E-state index contributed by atoms with van der Waals surface area (Å²) >= 11 is 0. The molecule has 8 nitrogen and oxygen atoms in total. The number of methoxy groups -OCH3 is 1. The van der Waals surface area contributed by atoms with Gasteiger partial charge in [0, 0.05) is 13.6 Å². The monoisotopic (exact) mass is 379 g/mol. The van der Waals surface area contributed by atoms with E-state index in [-0.39, 0.29) is 12.3 Å². The van der Waals surface area contributed by atoms with Gasteiger partial charge in [0.15, 0.2) is 0 Å². The molecule has 2 heterocycles. The molecule has 2 atom stereocenters. The minimum atomic E-state index is -3.78. The van der Waals surface area contributed by atoms with Crippen LogP contribution in [0.5, 0.6) is 5.75 Å². The lowest BCUT2D eigenvalue weighted by Gasteiger charge is -2.35. The van der Waals surface area contributed by atoms with Crippen LogP contribution in [0.2, 0.25) is 0 Å². The number of rotatable bonds is 5. The molecule has 0 saturated carbocycles. The van der Waals surface area contributed by atoms with E-state index in [0.717, 1.165) is 15.6 Å². The molecule has 2 N–H and O–H groups in total. The van der Waals surface area contributed by atoms with Crippen LogP contribution >= 0.6 is 0 Å². The number of amides is 1. The second-order valence-corrected chi connectivity index (χ2v) is 7.79. The van der Waals surface area contributed by atoms with E-state index in [0.29, 0.717) is 12.3 Å². The SMILES string of the molecule is COc1ccc(CNC(=O)[C@H]2C[C@@H](c3ccco3)NS(=O)(=O)N2C)cc1. The van der Waals surface area contributed by atoms with Crippen LogP contribution in [-0.2, 0) is 21.5 Å². The Balaban J connectivity index is 1.69. The van der Waals surface area contributed by atoms with Gasteiger partial charge in [-0.1, -0.05) is 12.1 Å². The second-order valence-electron chi connectivity index (χ2n) is 6.02. The number of likely N-dealkylation sites (N-methyl/N-ethyl adjacent to an activating group) is 1. The molecule has 0 radical (unpaired) electrons. The van der Waals surface area contributed by atoms with Crippen LogP contribution in [0, 0.1) is 0 Å². The lowest BCUT2D eigenvalue weighted by molar-refractivity contribution is -0.125. The Labute approximate surface area is 152 Å². The van der Waals surface area contributed by atoms with E-state index >= 15 is 0 Å². The zero-order valence-corrected chi connectivity index (χ0v) is 15.3. The van der Waals surface area contributed by atoms with Crippen LogP contribution in [0.15, 0.2) is 47.1 Å². The van der Waals surface area contributed by atoms with Crippen molar-refractivity contribution in [3.63, 3.8) is 0 Å². The molecule has 0 bridgehead atoms. The van der Waals surface area contributed by atoms with Crippen LogP contribution in [0.3, 0.4) is 0 Å². The smallest absolute Gasteiger partial charge is 0.280 e. The van der Waals surface area contributed by atoms with Crippen molar-refractivity contribution in [3.8, 4) is 5.75 Å². The van der Waals surface area contributed by atoms with Crippen LogP contribution in [0.4, 0.5) is 0 Å². The average Bonchev–Trinajstić information content (AvgIpc) is 3.17. The molecule has 1 aromatic carbocycles. The number of furan rings is 1. The molecular formula is C17H21N3O5S. The number of hydrogen-bond donors (Lipinski definition) is 2. The van der Waals surface area contributed by atoms with Crippen molar-refractivity contribution in [1.29, 1.82) is 0 Å². The summed E-state index contributed by atoms with van der Waals surface area (Å²) in [5, 5.41) is 2.80. The maximum Gasteiger partial charge on any atom is 0.280 e. The van der Waals surface area contributed by atoms with E-state index in [1.807, 2.05) is 12.1 Å². The van der Waals surface area contributed by atoms with E-state index in [4.69, 9.17) is 9.15 Å². The topological polar surface area (TPSA) is 101 Å². The summed E-state index contributed by atoms with van der Waals surface area (Å²) in [6.07, 6.45) is 1.75. The Morgan fingerprint density at radius 1 is 1.35 bits per heavy atom. The molecule has 1 amide bonds. The van der Waals surface area contributed by atoms with Crippen molar-refractivity contribution in [2.24, 2.45) is 0 Å². The van der Waals surface area contributed by atoms with Gasteiger partial charge in [0.1, 0.15) is 17.6 Å². The van der Waals surface area contributed by atoms with Gasteiger partial charge < -0.3 is 14.5 Å². The molecule has 1 saturated heterocycles. The third kappa shape index (κ3) is 3.90. The number of hydrogen-bond acceptors (Lipinski definition) is 5. The van der Waals surface area contributed by atoms with Gasteiger partial charge in [-0.05, 0) is 36.2 Å². The first-order valence-electron chi connectivity index (χ1n) is 8.10. The van der Waals surface area contributed by atoms with E-state index < -0.39 is 22.3 Å². The molecule has 140 valence electrons. The first-order valence-corrected chi connectivity index (χ1v) is 9.54. The van der Waals surface area contributed by atoms with Crippen LogP contribution in [0.25, 0.3) is 0 Å². The summed E-state index contributed by atoms with van der Waals surface area (Å²) in [6.45, 7) is 0.298. The summed E-state index contributed by atoms with van der Waals surface area (Å²) in [4.78, 5) is 12.6. The molecule has 26 heavy (non-hydrogen) atoms. The Morgan fingerprint density at radius 3 is 2.69 bits per heavy atom. The summed E-state index contributed by atoms with van der Waals surface area (Å²) in [6, 6.07) is 9.25. The van der Waals surface area contributed by atoms with Gasteiger partial charge >= 0.3 is 0 Å². The van der Waals surface area contributed by atoms with Crippen molar-refractivity contribution in [2.75, 3.05) is 14.2 Å².